The largest absolute Gasteiger partial charge is 0.353 e. The highest BCUT2D eigenvalue weighted by atomic mass is 16.2. The van der Waals surface area contributed by atoms with Crippen molar-refractivity contribution in [2.24, 2.45) is 5.92 Å². The maximum Gasteiger partial charge on any atom is 0.230 e. The van der Waals surface area contributed by atoms with Crippen molar-refractivity contribution in [3.05, 3.63) is 35.9 Å². The van der Waals surface area contributed by atoms with Crippen molar-refractivity contribution < 1.29 is 9.59 Å². The van der Waals surface area contributed by atoms with E-state index >= 15 is 0 Å². The quantitative estimate of drug-likeness (QED) is 0.718. The Kier molecular flexibility index (Phi) is 8.23. The highest BCUT2D eigenvalue weighted by molar-refractivity contribution is 5.83. The third-order valence-electron chi connectivity index (χ3n) is 8.05. The first-order valence-electron chi connectivity index (χ1n) is 13.0. The summed E-state index contributed by atoms with van der Waals surface area (Å²) in [7, 11) is 0. The van der Waals surface area contributed by atoms with E-state index in [4.69, 9.17) is 0 Å². The molecule has 32 heavy (non-hydrogen) atoms. The van der Waals surface area contributed by atoms with Crippen molar-refractivity contribution >= 4 is 11.8 Å². The predicted molar refractivity (Wildman–Crippen MR) is 128 cm³/mol. The molecule has 1 aromatic carbocycles. The van der Waals surface area contributed by atoms with E-state index in [1.807, 2.05) is 18.2 Å². The molecule has 1 unspecified atom stereocenters. The molecule has 1 N–H and O–H groups in total. The van der Waals surface area contributed by atoms with Gasteiger partial charge in [-0.05, 0) is 63.6 Å². The summed E-state index contributed by atoms with van der Waals surface area (Å²) in [6.45, 7) is 5.85. The maximum atomic E-state index is 13.2. The van der Waals surface area contributed by atoms with Gasteiger partial charge in [-0.15, -0.1) is 0 Å². The van der Waals surface area contributed by atoms with Gasteiger partial charge >= 0.3 is 0 Å². The first kappa shape index (κ1) is 23.3. The summed E-state index contributed by atoms with van der Waals surface area (Å²) in [6, 6.07) is 11.2. The Hall–Kier alpha value is -1.88. The van der Waals surface area contributed by atoms with Gasteiger partial charge in [0.2, 0.25) is 11.8 Å². The van der Waals surface area contributed by atoms with Gasteiger partial charge in [-0.3, -0.25) is 9.59 Å². The van der Waals surface area contributed by atoms with Crippen LogP contribution in [-0.2, 0) is 9.59 Å². The third kappa shape index (κ3) is 5.72. The van der Waals surface area contributed by atoms with E-state index in [1.165, 1.54) is 19.3 Å². The fourth-order valence-corrected chi connectivity index (χ4v) is 6.00. The molecule has 0 spiro atoms. The lowest BCUT2D eigenvalue weighted by Gasteiger charge is -2.42. The second-order valence-corrected chi connectivity index (χ2v) is 10.1. The van der Waals surface area contributed by atoms with Gasteiger partial charge in [-0.2, -0.15) is 0 Å². The molecule has 176 valence electrons. The van der Waals surface area contributed by atoms with E-state index in [0.717, 1.165) is 76.7 Å². The molecule has 5 nitrogen and oxygen atoms in total. The van der Waals surface area contributed by atoms with Gasteiger partial charge in [-0.25, -0.2) is 0 Å². The molecule has 2 amide bonds. The zero-order valence-electron chi connectivity index (χ0n) is 19.8. The Bertz CT molecular complexity index is 731. The molecule has 0 aromatic heterocycles. The number of amides is 2. The van der Waals surface area contributed by atoms with E-state index in [0.29, 0.717) is 18.0 Å². The first-order valence-corrected chi connectivity index (χ1v) is 13.0. The number of hydrogen-bond acceptors (Lipinski definition) is 3. The molecular weight excluding hydrogens is 398 g/mol. The number of carbonyl (C=O) groups excluding carboxylic acids is 2. The number of piperidine rings is 2. The average molecular weight is 440 g/mol. The second-order valence-electron chi connectivity index (χ2n) is 10.1. The lowest BCUT2D eigenvalue weighted by Crippen LogP contribution is -2.51. The number of likely N-dealkylation sites (tertiary alicyclic amines) is 2. The molecule has 3 aliphatic rings. The minimum Gasteiger partial charge on any atom is -0.353 e. The molecule has 1 aromatic rings. The van der Waals surface area contributed by atoms with Crippen LogP contribution in [0.4, 0.5) is 0 Å². The summed E-state index contributed by atoms with van der Waals surface area (Å²) < 4.78 is 0. The van der Waals surface area contributed by atoms with Gasteiger partial charge in [0.05, 0.1) is 5.92 Å². The van der Waals surface area contributed by atoms with Gasteiger partial charge in [-0.1, -0.05) is 56.5 Å². The van der Waals surface area contributed by atoms with Crippen molar-refractivity contribution in [2.75, 3.05) is 26.2 Å². The van der Waals surface area contributed by atoms with Gasteiger partial charge in [0, 0.05) is 31.1 Å². The Balaban J connectivity index is 1.21. The normalized spacial score (nSPS) is 23.1. The summed E-state index contributed by atoms with van der Waals surface area (Å²) in [5.41, 5.74) is 1.13. The maximum absolute atomic E-state index is 13.2. The van der Waals surface area contributed by atoms with E-state index in [9.17, 15) is 9.59 Å². The van der Waals surface area contributed by atoms with Gasteiger partial charge < -0.3 is 15.1 Å². The van der Waals surface area contributed by atoms with E-state index in [1.54, 1.807) is 0 Å². The van der Waals surface area contributed by atoms with Crippen LogP contribution in [0.5, 0.6) is 0 Å². The SMILES string of the molecule is CCC(C(=O)N1CCC(N2CCC(C(=O)NC3CCCCC3)CC2)CC1)c1ccccc1. The highest BCUT2D eigenvalue weighted by Crippen LogP contribution is 2.28. The molecule has 2 heterocycles. The molecule has 1 saturated carbocycles. The van der Waals surface area contributed by atoms with Crippen LogP contribution in [0.25, 0.3) is 0 Å². The molecular formula is C27H41N3O2. The smallest absolute Gasteiger partial charge is 0.230 e. The lowest BCUT2D eigenvalue weighted by atomic mass is 9.90. The minimum atomic E-state index is -0.0221. The lowest BCUT2D eigenvalue weighted by molar-refractivity contribution is -0.135. The fraction of sp³-hybridized carbons (Fsp3) is 0.704. The monoisotopic (exact) mass is 439 g/mol. The minimum absolute atomic E-state index is 0.0221. The van der Waals surface area contributed by atoms with Crippen LogP contribution in [0, 0.1) is 5.92 Å². The van der Waals surface area contributed by atoms with Crippen LogP contribution in [0.3, 0.4) is 0 Å². The third-order valence-corrected chi connectivity index (χ3v) is 8.05. The van der Waals surface area contributed by atoms with Crippen LogP contribution < -0.4 is 5.32 Å². The summed E-state index contributed by atoms with van der Waals surface area (Å²) in [5, 5.41) is 3.33. The number of carbonyl (C=O) groups is 2. The van der Waals surface area contributed by atoms with Crippen molar-refractivity contribution in [1.82, 2.24) is 15.1 Å². The van der Waals surface area contributed by atoms with Gasteiger partial charge in [0.15, 0.2) is 0 Å². The molecule has 4 rings (SSSR count). The standard InChI is InChI=1S/C27H41N3O2/c1-2-25(21-9-5-3-6-10-21)27(32)30-19-15-24(16-20-30)29-17-13-22(14-18-29)26(31)28-23-11-7-4-8-12-23/h3,5-6,9-10,22-25H,2,4,7-8,11-20H2,1H3,(H,28,31). The second kappa shape index (κ2) is 11.3. The summed E-state index contributed by atoms with van der Waals surface area (Å²) in [5.74, 6) is 0.746. The van der Waals surface area contributed by atoms with Crippen LogP contribution in [0.2, 0.25) is 0 Å². The van der Waals surface area contributed by atoms with E-state index in [-0.39, 0.29) is 17.7 Å². The van der Waals surface area contributed by atoms with Crippen molar-refractivity contribution in [2.45, 2.75) is 89.1 Å². The van der Waals surface area contributed by atoms with Gasteiger partial charge in [0.1, 0.15) is 0 Å². The molecule has 2 saturated heterocycles. The topological polar surface area (TPSA) is 52.7 Å². The molecule has 1 aliphatic carbocycles. The summed E-state index contributed by atoms with van der Waals surface area (Å²) in [4.78, 5) is 30.5. The molecule has 5 heteroatoms. The fourth-order valence-electron chi connectivity index (χ4n) is 6.00. The summed E-state index contributed by atoms with van der Waals surface area (Å²) in [6.07, 6.45) is 11.1. The predicted octanol–water partition coefficient (Wildman–Crippen LogP) is 4.33. The van der Waals surface area contributed by atoms with Crippen LogP contribution in [0.1, 0.15) is 82.6 Å². The molecule has 3 fully saturated rings. The van der Waals surface area contributed by atoms with Crippen molar-refractivity contribution in [3.63, 3.8) is 0 Å². The zero-order chi connectivity index (χ0) is 22.3. The van der Waals surface area contributed by atoms with Crippen LogP contribution in [0.15, 0.2) is 30.3 Å². The average Bonchev–Trinajstić information content (AvgIpc) is 2.86. The molecule has 0 radical (unpaired) electrons. The molecule has 2 aliphatic heterocycles. The summed E-state index contributed by atoms with van der Waals surface area (Å²) >= 11 is 0. The molecule has 1 atom stereocenters. The van der Waals surface area contributed by atoms with Crippen LogP contribution >= 0.6 is 0 Å². The molecule has 0 bridgehead atoms. The number of hydrogen-bond donors (Lipinski definition) is 1. The number of nitrogens with one attached hydrogen (secondary N) is 1. The first-order chi connectivity index (χ1) is 15.7. The van der Waals surface area contributed by atoms with Gasteiger partial charge in [0.25, 0.3) is 0 Å². The Morgan fingerprint density at radius 1 is 0.906 bits per heavy atom. The number of nitrogens with zero attached hydrogens (tertiary/aromatic N) is 2. The Labute approximate surface area is 193 Å². The number of benzene rings is 1. The zero-order valence-corrected chi connectivity index (χ0v) is 19.8. The van der Waals surface area contributed by atoms with Crippen molar-refractivity contribution in [1.29, 1.82) is 0 Å². The van der Waals surface area contributed by atoms with E-state index in [2.05, 4.69) is 34.2 Å². The highest BCUT2D eigenvalue weighted by Gasteiger charge is 2.33. The van der Waals surface area contributed by atoms with Crippen LogP contribution in [-0.4, -0.2) is 59.9 Å². The van der Waals surface area contributed by atoms with E-state index < -0.39 is 0 Å². The van der Waals surface area contributed by atoms with Crippen molar-refractivity contribution in [3.8, 4) is 0 Å². The number of rotatable bonds is 6. The Morgan fingerprint density at radius 2 is 1.56 bits per heavy atom. The Morgan fingerprint density at radius 3 is 2.19 bits per heavy atom.